The van der Waals surface area contributed by atoms with Crippen molar-refractivity contribution < 1.29 is 18.8 Å². The Morgan fingerprint density at radius 1 is 1.14 bits per heavy atom. The van der Waals surface area contributed by atoms with Gasteiger partial charge in [0.15, 0.2) is 5.78 Å². The summed E-state index contributed by atoms with van der Waals surface area (Å²) in [5, 5.41) is 1.80. The van der Waals surface area contributed by atoms with Gasteiger partial charge < -0.3 is 4.42 Å². The Balaban J connectivity index is 1.85. The molecule has 0 spiro atoms. The molecule has 0 saturated carbocycles. The van der Waals surface area contributed by atoms with Gasteiger partial charge in [0.2, 0.25) is 0 Å². The molecular weight excluding hydrogens is 302 g/mol. The second kappa shape index (κ2) is 5.65. The van der Waals surface area contributed by atoms with Crippen molar-refractivity contribution in [1.82, 2.24) is 5.32 Å². The molecule has 1 saturated heterocycles. The summed E-state index contributed by atoms with van der Waals surface area (Å²) in [5.41, 5.74) is 1.46. The number of carbonyl (C=O) groups is 3. The fourth-order valence-corrected chi connectivity index (χ4v) is 2.67. The minimum Gasteiger partial charge on any atom is -0.457 e. The first-order valence-corrected chi connectivity index (χ1v) is 7.30. The fourth-order valence-electron chi connectivity index (χ4n) is 2.01. The van der Waals surface area contributed by atoms with Crippen LogP contribution in [0.4, 0.5) is 4.79 Å². The number of thioether (sulfide) groups is 1. The molecule has 0 radical (unpaired) electrons. The summed E-state index contributed by atoms with van der Waals surface area (Å²) in [6, 6.07) is 10.6. The predicted molar refractivity (Wildman–Crippen MR) is 83.3 cm³/mol. The van der Waals surface area contributed by atoms with Crippen molar-refractivity contribution in [1.29, 1.82) is 0 Å². The molecule has 1 aliphatic heterocycles. The van der Waals surface area contributed by atoms with Crippen molar-refractivity contribution in [2.24, 2.45) is 0 Å². The van der Waals surface area contributed by atoms with E-state index < -0.39 is 5.91 Å². The van der Waals surface area contributed by atoms with Crippen LogP contribution in [-0.2, 0) is 4.79 Å². The van der Waals surface area contributed by atoms with Crippen molar-refractivity contribution in [3.63, 3.8) is 0 Å². The number of imide groups is 1. The van der Waals surface area contributed by atoms with Gasteiger partial charge in [-0.2, -0.15) is 0 Å². The zero-order valence-electron chi connectivity index (χ0n) is 11.6. The lowest BCUT2D eigenvalue weighted by Gasteiger charge is -1.99. The summed E-state index contributed by atoms with van der Waals surface area (Å²) < 4.78 is 5.65. The minimum atomic E-state index is -0.418. The molecule has 1 aromatic heterocycles. The molecule has 110 valence electrons. The molecule has 2 amide bonds. The zero-order valence-corrected chi connectivity index (χ0v) is 12.4. The van der Waals surface area contributed by atoms with E-state index in [1.54, 1.807) is 36.4 Å². The second-order valence-corrected chi connectivity index (χ2v) is 5.70. The summed E-state index contributed by atoms with van der Waals surface area (Å²) >= 11 is 0.843. The number of rotatable bonds is 3. The number of nitrogens with one attached hydrogen (secondary N) is 1. The van der Waals surface area contributed by atoms with E-state index in [9.17, 15) is 14.4 Å². The molecule has 0 aliphatic carbocycles. The molecule has 5 nitrogen and oxygen atoms in total. The van der Waals surface area contributed by atoms with Gasteiger partial charge in [0, 0.05) is 17.2 Å². The molecule has 1 aliphatic rings. The van der Waals surface area contributed by atoms with E-state index in [4.69, 9.17) is 4.42 Å². The van der Waals surface area contributed by atoms with E-state index in [2.05, 4.69) is 5.32 Å². The Hall–Kier alpha value is -2.60. The fraction of sp³-hybridized carbons (Fsp3) is 0.0625. The van der Waals surface area contributed by atoms with E-state index in [0.717, 1.165) is 17.3 Å². The lowest BCUT2D eigenvalue weighted by Crippen LogP contribution is -2.17. The van der Waals surface area contributed by atoms with Crippen molar-refractivity contribution >= 4 is 34.8 Å². The maximum absolute atomic E-state index is 11.5. The quantitative estimate of drug-likeness (QED) is 0.693. The van der Waals surface area contributed by atoms with Crippen LogP contribution in [0.1, 0.15) is 23.0 Å². The number of benzene rings is 1. The molecule has 3 rings (SSSR count). The highest BCUT2D eigenvalue weighted by Crippen LogP contribution is 2.28. The van der Waals surface area contributed by atoms with Crippen LogP contribution in [0.2, 0.25) is 0 Å². The Labute approximate surface area is 130 Å². The van der Waals surface area contributed by atoms with Crippen LogP contribution in [-0.4, -0.2) is 16.9 Å². The first-order chi connectivity index (χ1) is 10.5. The average molecular weight is 313 g/mol. The summed E-state index contributed by atoms with van der Waals surface area (Å²) in [6.07, 6.45) is 1.53. The zero-order chi connectivity index (χ0) is 15.7. The highest BCUT2D eigenvalue weighted by Gasteiger charge is 2.25. The van der Waals surface area contributed by atoms with Crippen LogP contribution in [0, 0.1) is 0 Å². The summed E-state index contributed by atoms with van der Waals surface area (Å²) in [4.78, 5) is 34.1. The number of Topliss-reactive ketones (excluding diaryl/α,β-unsaturated/α-hetero) is 1. The van der Waals surface area contributed by atoms with Crippen LogP contribution < -0.4 is 5.32 Å². The van der Waals surface area contributed by atoms with Gasteiger partial charge in [-0.15, -0.1) is 0 Å². The van der Waals surface area contributed by atoms with Gasteiger partial charge >= 0.3 is 0 Å². The molecular formula is C16H11NO4S. The van der Waals surface area contributed by atoms with Crippen molar-refractivity contribution in [2.45, 2.75) is 6.92 Å². The Morgan fingerprint density at radius 2 is 1.86 bits per heavy atom. The monoisotopic (exact) mass is 313 g/mol. The van der Waals surface area contributed by atoms with Crippen LogP contribution in [0.3, 0.4) is 0 Å². The minimum absolute atomic E-state index is 0.00496. The lowest BCUT2D eigenvalue weighted by molar-refractivity contribution is -0.115. The van der Waals surface area contributed by atoms with Gasteiger partial charge in [-0.1, -0.05) is 24.3 Å². The predicted octanol–water partition coefficient (Wildman–Crippen LogP) is 3.47. The summed E-state index contributed by atoms with van der Waals surface area (Å²) in [6.45, 7) is 1.51. The lowest BCUT2D eigenvalue weighted by atomic mass is 10.1. The molecule has 6 heteroatoms. The van der Waals surface area contributed by atoms with E-state index in [1.807, 2.05) is 0 Å². The van der Waals surface area contributed by atoms with Gasteiger partial charge in [-0.05, 0) is 30.8 Å². The van der Waals surface area contributed by atoms with Crippen molar-refractivity contribution in [3.05, 3.63) is 52.6 Å². The topological polar surface area (TPSA) is 76.4 Å². The normalized spacial score (nSPS) is 16.1. The highest BCUT2D eigenvalue weighted by molar-refractivity contribution is 8.18. The van der Waals surface area contributed by atoms with Crippen LogP contribution in [0.25, 0.3) is 17.4 Å². The van der Waals surface area contributed by atoms with Gasteiger partial charge in [0.05, 0.1) is 4.91 Å². The first kappa shape index (κ1) is 14.3. The van der Waals surface area contributed by atoms with E-state index in [0.29, 0.717) is 22.0 Å². The molecule has 1 fully saturated rings. The number of hydrogen-bond acceptors (Lipinski definition) is 5. The maximum Gasteiger partial charge on any atom is 0.290 e. The number of carbonyl (C=O) groups excluding carboxylic acids is 3. The number of amides is 2. The number of furan rings is 1. The first-order valence-electron chi connectivity index (χ1n) is 6.49. The standard InChI is InChI=1S/C16H11NO4S/c1-9(18)10-2-4-11(5-3-10)13-7-6-12(21-13)8-14-15(19)17-16(20)22-14/h2-8H,1H3,(H,17,19,20). The van der Waals surface area contributed by atoms with E-state index in [1.165, 1.54) is 13.0 Å². The van der Waals surface area contributed by atoms with E-state index in [-0.39, 0.29) is 11.0 Å². The van der Waals surface area contributed by atoms with Crippen LogP contribution in [0.15, 0.2) is 45.7 Å². The molecule has 2 aromatic rings. The van der Waals surface area contributed by atoms with Gasteiger partial charge in [-0.3, -0.25) is 19.7 Å². The van der Waals surface area contributed by atoms with Gasteiger partial charge in [-0.25, -0.2) is 0 Å². The maximum atomic E-state index is 11.5. The largest absolute Gasteiger partial charge is 0.457 e. The Morgan fingerprint density at radius 3 is 2.45 bits per heavy atom. The van der Waals surface area contributed by atoms with Crippen molar-refractivity contribution in [2.75, 3.05) is 0 Å². The average Bonchev–Trinajstić information content (AvgIpc) is 3.06. The highest BCUT2D eigenvalue weighted by atomic mass is 32.2. The molecule has 2 heterocycles. The van der Waals surface area contributed by atoms with Crippen LogP contribution in [0.5, 0.6) is 0 Å². The third-order valence-electron chi connectivity index (χ3n) is 3.12. The Kier molecular flexibility index (Phi) is 3.68. The number of ketones is 1. The molecule has 0 unspecified atom stereocenters. The Bertz CT molecular complexity index is 802. The van der Waals surface area contributed by atoms with Crippen molar-refractivity contribution in [3.8, 4) is 11.3 Å². The molecule has 1 N–H and O–H groups in total. The SMILES string of the molecule is CC(=O)c1ccc(-c2ccc(C=C3SC(=O)NC3=O)o2)cc1. The van der Waals surface area contributed by atoms with Crippen LogP contribution >= 0.6 is 11.8 Å². The third-order valence-corrected chi connectivity index (χ3v) is 3.93. The third kappa shape index (κ3) is 2.87. The summed E-state index contributed by atoms with van der Waals surface area (Å²) in [7, 11) is 0. The summed E-state index contributed by atoms with van der Waals surface area (Å²) in [5.74, 6) is 0.693. The smallest absolute Gasteiger partial charge is 0.290 e. The molecule has 0 atom stereocenters. The van der Waals surface area contributed by atoms with Gasteiger partial charge in [0.1, 0.15) is 11.5 Å². The van der Waals surface area contributed by atoms with Gasteiger partial charge in [0.25, 0.3) is 11.1 Å². The molecule has 22 heavy (non-hydrogen) atoms. The van der Waals surface area contributed by atoms with E-state index >= 15 is 0 Å². The molecule has 1 aromatic carbocycles. The second-order valence-electron chi connectivity index (χ2n) is 4.69. The number of hydrogen-bond donors (Lipinski definition) is 1. The molecule has 0 bridgehead atoms.